The molecule has 120 valence electrons. The summed E-state index contributed by atoms with van der Waals surface area (Å²) in [4.78, 5) is 12.0. The molecule has 0 atom stereocenters. The molecule has 0 heterocycles. The third-order valence-electron chi connectivity index (χ3n) is 3.31. The van der Waals surface area contributed by atoms with Gasteiger partial charge < -0.3 is 5.32 Å². The van der Waals surface area contributed by atoms with Gasteiger partial charge in [-0.2, -0.15) is 13.2 Å². The number of amides is 1. The van der Waals surface area contributed by atoms with E-state index in [4.69, 9.17) is 0 Å². The molecule has 5 heteroatoms. The quantitative estimate of drug-likeness (QED) is 0.802. The molecule has 1 N–H and O–H groups in total. The predicted molar refractivity (Wildman–Crippen MR) is 85.0 cm³/mol. The van der Waals surface area contributed by atoms with Crippen LogP contribution in [0.15, 0.2) is 54.6 Å². The monoisotopic (exact) mass is 319 g/mol. The fourth-order valence-electron chi connectivity index (χ4n) is 2.20. The molecule has 0 saturated carbocycles. The standard InChI is InChI=1S/C18H16F3NO/c1-12-8-9-16(13(2)10-12)22-17(23)11-15(18(19,20)21)14-6-4-3-5-7-14/h3-11H,1-2H3,(H,22,23)/b15-11-. The molecular formula is C18H16F3NO. The van der Waals surface area contributed by atoms with Crippen molar-refractivity contribution in [3.05, 3.63) is 71.3 Å². The summed E-state index contributed by atoms with van der Waals surface area (Å²) in [6, 6.07) is 12.6. The summed E-state index contributed by atoms with van der Waals surface area (Å²) in [6.07, 6.45) is -4.02. The van der Waals surface area contributed by atoms with Gasteiger partial charge in [-0.15, -0.1) is 0 Å². The summed E-state index contributed by atoms with van der Waals surface area (Å²) >= 11 is 0. The first-order valence-electron chi connectivity index (χ1n) is 7.00. The number of nitrogens with one attached hydrogen (secondary N) is 1. The van der Waals surface area contributed by atoms with Crippen LogP contribution >= 0.6 is 0 Å². The fourth-order valence-corrected chi connectivity index (χ4v) is 2.20. The van der Waals surface area contributed by atoms with Gasteiger partial charge in [-0.1, -0.05) is 48.0 Å². The number of aryl methyl sites for hydroxylation is 2. The van der Waals surface area contributed by atoms with Gasteiger partial charge in [-0.3, -0.25) is 4.79 Å². The second-order valence-corrected chi connectivity index (χ2v) is 5.23. The smallest absolute Gasteiger partial charge is 0.322 e. The van der Waals surface area contributed by atoms with Crippen molar-refractivity contribution in [3.8, 4) is 0 Å². The number of allylic oxidation sites excluding steroid dienone is 1. The molecule has 2 rings (SSSR count). The summed E-state index contributed by atoms with van der Waals surface area (Å²) in [5, 5.41) is 2.49. The van der Waals surface area contributed by atoms with Crippen LogP contribution in [-0.2, 0) is 4.79 Å². The Kier molecular flexibility index (Phi) is 4.89. The number of rotatable bonds is 3. The molecule has 0 aliphatic carbocycles. The van der Waals surface area contributed by atoms with E-state index in [-0.39, 0.29) is 5.56 Å². The van der Waals surface area contributed by atoms with E-state index in [9.17, 15) is 18.0 Å². The highest BCUT2D eigenvalue weighted by atomic mass is 19.4. The molecule has 2 aromatic rings. The summed E-state index contributed by atoms with van der Waals surface area (Å²) in [7, 11) is 0. The van der Waals surface area contributed by atoms with E-state index in [1.54, 1.807) is 25.1 Å². The van der Waals surface area contributed by atoms with E-state index in [1.807, 2.05) is 13.0 Å². The highest BCUT2D eigenvalue weighted by Gasteiger charge is 2.35. The lowest BCUT2D eigenvalue weighted by molar-refractivity contribution is -0.112. The van der Waals surface area contributed by atoms with Crippen molar-refractivity contribution < 1.29 is 18.0 Å². The van der Waals surface area contributed by atoms with Gasteiger partial charge in [0.15, 0.2) is 0 Å². The Labute approximate surface area is 132 Å². The number of anilines is 1. The molecule has 23 heavy (non-hydrogen) atoms. The minimum Gasteiger partial charge on any atom is -0.322 e. The van der Waals surface area contributed by atoms with Crippen LogP contribution in [0.25, 0.3) is 5.57 Å². The number of benzene rings is 2. The molecule has 0 aliphatic rings. The van der Waals surface area contributed by atoms with Crippen molar-refractivity contribution in [2.45, 2.75) is 20.0 Å². The molecule has 2 nitrogen and oxygen atoms in total. The first-order chi connectivity index (χ1) is 10.8. The van der Waals surface area contributed by atoms with Crippen molar-refractivity contribution in [2.24, 2.45) is 0 Å². The van der Waals surface area contributed by atoms with Crippen LogP contribution in [0.1, 0.15) is 16.7 Å². The van der Waals surface area contributed by atoms with Crippen LogP contribution in [-0.4, -0.2) is 12.1 Å². The zero-order chi connectivity index (χ0) is 17.0. The maximum atomic E-state index is 13.2. The number of carbonyl (C=O) groups excluding carboxylic acids is 1. The first kappa shape index (κ1) is 16.8. The normalized spacial score (nSPS) is 12.1. The maximum absolute atomic E-state index is 13.2. The van der Waals surface area contributed by atoms with Crippen molar-refractivity contribution >= 4 is 17.2 Å². The second-order valence-electron chi connectivity index (χ2n) is 5.23. The van der Waals surface area contributed by atoms with Gasteiger partial charge in [0.05, 0.1) is 5.57 Å². The molecule has 0 bridgehead atoms. The summed E-state index contributed by atoms with van der Waals surface area (Å²) < 4.78 is 39.6. The fraction of sp³-hybridized carbons (Fsp3) is 0.167. The van der Waals surface area contributed by atoms with Gasteiger partial charge in [0.1, 0.15) is 0 Å². The van der Waals surface area contributed by atoms with E-state index in [0.717, 1.165) is 11.1 Å². The van der Waals surface area contributed by atoms with E-state index >= 15 is 0 Å². The highest BCUT2D eigenvalue weighted by molar-refractivity contribution is 6.05. The highest BCUT2D eigenvalue weighted by Crippen LogP contribution is 2.33. The lowest BCUT2D eigenvalue weighted by Gasteiger charge is -2.13. The first-order valence-corrected chi connectivity index (χ1v) is 7.00. The second kappa shape index (κ2) is 6.69. The minimum atomic E-state index is -4.61. The molecule has 2 aromatic carbocycles. The lowest BCUT2D eigenvalue weighted by atomic mass is 10.0. The lowest BCUT2D eigenvalue weighted by Crippen LogP contribution is -2.16. The Bertz CT molecular complexity index is 734. The number of halogens is 3. The molecule has 0 aromatic heterocycles. The maximum Gasteiger partial charge on any atom is 0.417 e. The van der Waals surface area contributed by atoms with Crippen molar-refractivity contribution in [3.63, 3.8) is 0 Å². The molecular weight excluding hydrogens is 303 g/mol. The average Bonchev–Trinajstić information content (AvgIpc) is 2.47. The Hall–Kier alpha value is -2.56. The Morgan fingerprint density at radius 1 is 1.04 bits per heavy atom. The molecule has 0 aliphatic heterocycles. The van der Waals surface area contributed by atoms with Crippen molar-refractivity contribution in [2.75, 3.05) is 5.32 Å². The van der Waals surface area contributed by atoms with E-state index in [2.05, 4.69) is 5.32 Å². The van der Waals surface area contributed by atoms with Crippen LogP contribution in [0.2, 0.25) is 0 Å². The van der Waals surface area contributed by atoms with Crippen LogP contribution < -0.4 is 5.32 Å². The van der Waals surface area contributed by atoms with Gasteiger partial charge >= 0.3 is 6.18 Å². The van der Waals surface area contributed by atoms with Crippen molar-refractivity contribution in [1.82, 2.24) is 0 Å². The van der Waals surface area contributed by atoms with E-state index in [1.165, 1.54) is 24.3 Å². The molecule has 0 unspecified atom stereocenters. The third-order valence-corrected chi connectivity index (χ3v) is 3.31. The van der Waals surface area contributed by atoms with Gasteiger partial charge in [0.25, 0.3) is 0 Å². The Balaban J connectivity index is 2.30. The zero-order valence-electron chi connectivity index (χ0n) is 12.7. The van der Waals surface area contributed by atoms with Crippen LogP contribution in [0.5, 0.6) is 0 Å². The molecule has 0 radical (unpaired) electrons. The van der Waals surface area contributed by atoms with E-state index in [0.29, 0.717) is 11.8 Å². The van der Waals surface area contributed by atoms with Gasteiger partial charge in [0.2, 0.25) is 5.91 Å². The Morgan fingerprint density at radius 2 is 1.70 bits per heavy atom. The molecule has 0 fully saturated rings. The number of hydrogen-bond donors (Lipinski definition) is 1. The van der Waals surface area contributed by atoms with Gasteiger partial charge in [-0.25, -0.2) is 0 Å². The van der Waals surface area contributed by atoms with Gasteiger partial charge in [0, 0.05) is 11.8 Å². The van der Waals surface area contributed by atoms with Crippen molar-refractivity contribution in [1.29, 1.82) is 0 Å². The minimum absolute atomic E-state index is 0.0456. The van der Waals surface area contributed by atoms with E-state index < -0.39 is 17.7 Å². The summed E-state index contributed by atoms with van der Waals surface area (Å²) in [6.45, 7) is 3.68. The summed E-state index contributed by atoms with van der Waals surface area (Å²) in [5.41, 5.74) is 1.28. The van der Waals surface area contributed by atoms with Crippen LogP contribution in [0.3, 0.4) is 0 Å². The molecule has 0 saturated heterocycles. The summed E-state index contributed by atoms with van der Waals surface area (Å²) in [5.74, 6) is -0.812. The number of carbonyl (C=O) groups is 1. The Morgan fingerprint density at radius 3 is 2.26 bits per heavy atom. The SMILES string of the molecule is Cc1ccc(NC(=O)/C=C(/c2ccccc2)C(F)(F)F)c(C)c1. The largest absolute Gasteiger partial charge is 0.417 e. The molecule has 1 amide bonds. The number of hydrogen-bond acceptors (Lipinski definition) is 1. The predicted octanol–water partition coefficient (Wildman–Crippen LogP) is 4.89. The average molecular weight is 319 g/mol. The topological polar surface area (TPSA) is 29.1 Å². The zero-order valence-corrected chi connectivity index (χ0v) is 12.7. The molecule has 0 spiro atoms. The third kappa shape index (κ3) is 4.45. The number of alkyl halides is 3. The van der Waals surface area contributed by atoms with Crippen LogP contribution in [0.4, 0.5) is 18.9 Å². The van der Waals surface area contributed by atoms with Gasteiger partial charge in [-0.05, 0) is 31.0 Å². The van der Waals surface area contributed by atoms with Crippen LogP contribution in [0, 0.1) is 13.8 Å².